The lowest BCUT2D eigenvalue weighted by atomic mass is 10.1. The maximum Gasteiger partial charge on any atom is 0.210 e. The molecule has 4 aliphatic rings. The van der Waals surface area contributed by atoms with Crippen LogP contribution in [-0.4, -0.2) is 30.6 Å². The summed E-state index contributed by atoms with van der Waals surface area (Å²) in [7, 11) is 0. The van der Waals surface area contributed by atoms with Crippen LogP contribution in [0.15, 0.2) is 70.7 Å². The number of phenols is 6. The van der Waals surface area contributed by atoms with Crippen molar-refractivity contribution in [3.63, 3.8) is 0 Å². The normalized spacial score (nSPS) is 13.8. The fraction of sp³-hybridized carbons (Fsp3) is 0.125. The van der Waals surface area contributed by atoms with E-state index >= 15 is 0 Å². The van der Waals surface area contributed by atoms with Crippen LogP contribution < -0.4 is 9.47 Å². The molecule has 0 unspecified atom stereocenters. The summed E-state index contributed by atoms with van der Waals surface area (Å²) in [5.41, 5.74) is 1.67. The highest BCUT2D eigenvalue weighted by molar-refractivity contribution is 6.32. The highest BCUT2D eigenvalue weighted by Gasteiger charge is 2.19. The van der Waals surface area contributed by atoms with Gasteiger partial charge in [0.15, 0.2) is 23.0 Å². The second kappa shape index (κ2) is 12.9. The van der Waals surface area contributed by atoms with Crippen LogP contribution in [0.3, 0.4) is 0 Å². The van der Waals surface area contributed by atoms with Crippen molar-refractivity contribution in [1.29, 1.82) is 0 Å². The molecule has 0 amide bonds. The van der Waals surface area contributed by atoms with Crippen LogP contribution in [0.2, 0.25) is 10.0 Å². The van der Waals surface area contributed by atoms with Gasteiger partial charge in [0.2, 0.25) is 11.5 Å². The summed E-state index contributed by atoms with van der Waals surface area (Å²) in [5, 5.41) is 64.3. The molecule has 4 aromatic carbocycles. The van der Waals surface area contributed by atoms with Gasteiger partial charge in [0.1, 0.15) is 23.0 Å². The average molecular weight is 678 g/mol. The van der Waals surface area contributed by atoms with E-state index in [2.05, 4.69) is 0 Å². The van der Waals surface area contributed by atoms with Gasteiger partial charge in [-0.1, -0.05) is 58.6 Å². The Morgan fingerprint density at radius 2 is 0.795 bits per heavy atom. The molecule has 44 heavy (non-hydrogen) atoms. The van der Waals surface area contributed by atoms with E-state index in [-0.39, 0.29) is 93.2 Å². The number of halogens is 4. The van der Waals surface area contributed by atoms with Gasteiger partial charge in [-0.05, 0) is 60.4 Å². The van der Waals surface area contributed by atoms with Crippen molar-refractivity contribution in [3.8, 4) is 57.5 Å². The first-order valence-corrected chi connectivity index (χ1v) is 14.6. The summed E-state index contributed by atoms with van der Waals surface area (Å²) in [4.78, 5) is 0. The Balaban J connectivity index is 1.58. The maximum absolute atomic E-state index is 10.7. The third-order valence-corrected chi connectivity index (χ3v) is 7.91. The summed E-state index contributed by atoms with van der Waals surface area (Å²) in [6, 6.07) is 10.9. The molecule has 12 heteroatoms. The SMILES string of the molecule is Oc1cc(Cl)c2cc1CC=C(Cl)Cc1cc(O)c(c(O)c1)Oc1cc(c(O)cc1Cl)CC=C(Cl)Cc1cc(O)c(c(O)c1)O2. The van der Waals surface area contributed by atoms with Crippen molar-refractivity contribution in [3.05, 3.63) is 103 Å². The third-order valence-electron chi connectivity index (χ3n) is 6.74. The van der Waals surface area contributed by atoms with Crippen molar-refractivity contribution < 1.29 is 40.1 Å². The second-order valence-electron chi connectivity index (χ2n) is 10.0. The van der Waals surface area contributed by atoms with Crippen molar-refractivity contribution in [2.45, 2.75) is 25.7 Å². The van der Waals surface area contributed by atoms with Crippen molar-refractivity contribution in [2.75, 3.05) is 0 Å². The third kappa shape index (κ3) is 7.00. The predicted molar refractivity (Wildman–Crippen MR) is 169 cm³/mol. The lowest BCUT2D eigenvalue weighted by Crippen LogP contribution is -1.95. The smallest absolute Gasteiger partial charge is 0.210 e. The Labute approximate surface area is 271 Å². The lowest BCUT2D eigenvalue weighted by Gasteiger charge is -2.15. The van der Waals surface area contributed by atoms with E-state index in [0.29, 0.717) is 32.3 Å². The summed E-state index contributed by atoms with van der Waals surface area (Å²) in [5.74, 6) is -2.16. The first-order valence-electron chi connectivity index (χ1n) is 13.0. The molecule has 8 nitrogen and oxygen atoms in total. The van der Waals surface area contributed by atoms with E-state index < -0.39 is 0 Å². The fourth-order valence-corrected chi connectivity index (χ4v) is 5.43. The minimum Gasteiger partial charge on any atom is -0.508 e. The zero-order valence-corrected chi connectivity index (χ0v) is 25.6. The minimum atomic E-state index is -0.373. The fourth-order valence-electron chi connectivity index (χ4n) is 4.57. The quantitative estimate of drug-likeness (QED) is 0.108. The predicted octanol–water partition coefficient (Wildman–Crippen LogP) is 8.94. The minimum absolute atomic E-state index is 0.0264. The molecule has 0 saturated carbocycles. The van der Waals surface area contributed by atoms with Gasteiger partial charge < -0.3 is 40.1 Å². The van der Waals surface area contributed by atoms with Crippen molar-refractivity contribution in [2.24, 2.45) is 0 Å². The number of hydrogen-bond donors (Lipinski definition) is 6. The van der Waals surface area contributed by atoms with Gasteiger partial charge in [0.05, 0.1) is 10.0 Å². The molecule has 0 atom stereocenters. The lowest BCUT2D eigenvalue weighted by molar-refractivity contribution is 0.374. The molecule has 4 aromatic rings. The molecule has 4 aliphatic heterocycles. The number of hydrogen-bond acceptors (Lipinski definition) is 8. The topological polar surface area (TPSA) is 140 Å². The summed E-state index contributed by atoms with van der Waals surface area (Å²) in [6.07, 6.45) is 3.74. The number of rotatable bonds is 0. The molecular weight excluding hydrogens is 654 g/mol. The number of ether oxygens (including phenoxy) is 2. The van der Waals surface area contributed by atoms with Crippen molar-refractivity contribution >= 4 is 46.4 Å². The first-order chi connectivity index (χ1) is 20.9. The van der Waals surface area contributed by atoms with E-state index in [1.54, 1.807) is 12.2 Å². The molecule has 0 aromatic heterocycles. The Morgan fingerprint density at radius 3 is 1.14 bits per heavy atom. The van der Waals surface area contributed by atoms with Gasteiger partial charge in [-0.3, -0.25) is 0 Å². The zero-order valence-electron chi connectivity index (χ0n) is 22.6. The van der Waals surface area contributed by atoms with E-state index in [0.717, 1.165) is 0 Å². The van der Waals surface area contributed by atoms with E-state index in [1.165, 1.54) is 48.5 Å². The number of aromatic hydroxyl groups is 6. The summed E-state index contributed by atoms with van der Waals surface area (Å²) in [6.45, 7) is 0. The van der Waals surface area contributed by atoms with Crippen LogP contribution in [-0.2, 0) is 25.7 Å². The standard InChI is InChI=1S/C32H24Cl4O8/c33-19-3-1-17-11-29(21(35)13-23(17)37)43-31-27(41)9-16(10-28(31)42)6-20(34)4-2-18-12-30(22(36)14-24(18)38)44-32-25(39)7-15(5-19)8-26(32)40/h3-4,7-14,37-42H,1-2,5-6H2. The van der Waals surface area contributed by atoms with Gasteiger partial charge in [-0.2, -0.15) is 0 Å². The van der Waals surface area contributed by atoms with Crippen LogP contribution in [0.4, 0.5) is 0 Å². The van der Waals surface area contributed by atoms with Crippen molar-refractivity contribution in [1.82, 2.24) is 0 Å². The van der Waals surface area contributed by atoms with Crippen LogP contribution in [0.1, 0.15) is 22.3 Å². The second-order valence-corrected chi connectivity index (χ2v) is 11.8. The Kier molecular flexibility index (Phi) is 9.18. The number of phenolic OH excluding ortho intramolecular Hbond substituents is 6. The average Bonchev–Trinajstić information content (AvgIpc) is 2.93. The Bertz CT molecular complexity index is 1650. The van der Waals surface area contributed by atoms with Crippen LogP contribution in [0.5, 0.6) is 57.5 Å². The van der Waals surface area contributed by atoms with E-state index in [4.69, 9.17) is 55.9 Å². The molecule has 0 radical (unpaired) electrons. The summed E-state index contributed by atoms with van der Waals surface area (Å²) >= 11 is 25.5. The molecule has 6 N–H and O–H groups in total. The van der Waals surface area contributed by atoms with Crippen LogP contribution in [0.25, 0.3) is 0 Å². The molecule has 4 heterocycles. The van der Waals surface area contributed by atoms with Crippen LogP contribution >= 0.6 is 46.4 Å². The van der Waals surface area contributed by atoms with E-state index in [1.807, 2.05) is 0 Å². The van der Waals surface area contributed by atoms with Gasteiger partial charge in [-0.15, -0.1) is 0 Å². The first kappa shape index (κ1) is 31.3. The molecule has 8 bridgehead atoms. The zero-order chi connectivity index (χ0) is 31.7. The largest absolute Gasteiger partial charge is 0.508 e. The molecular formula is C32H24Cl4O8. The van der Waals surface area contributed by atoms with Gasteiger partial charge in [0, 0.05) is 46.2 Å². The molecule has 0 aliphatic carbocycles. The molecule has 8 rings (SSSR count). The molecule has 0 fully saturated rings. The van der Waals surface area contributed by atoms with Gasteiger partial charge in [0.25, 0.3) is 0 Å². The molecule has 228 valence electrons. The Hall–Kier alpha value is -4.08. The highest BCUT2D eigenvalue weighted by atomic mass is 35.5. The molecule has 0 spiro atoms. The van der Waals surface area contributed by atoms with Gasteiger partial charge >= 0.3 is 0 Å². The van der Waals surface area contributed by atoms with Crippen LogP contribution in [0, 0.1) is 0 Å². The highest BCUT2D eigenvalue weighted by Crippen LogP contribution is 2.45. The molecule has 0 saturated heterocycles. The summed E-state index contributed by atoms with van der Waals surface area (Å²) < 4.78 is 11.5. The Morgan fingerprint density at radius 1 is 0.455 bits per heavy atom. The van der Waals surface area contributed by atoms with E-state index in [9.17, 15) is 30.6 Å². The maximum atomic E-state index is 10.7. The number of allylic oxidation sites excluding steroid dienone is 4. The number of benzene rings is 4. The monoisotopic (exact) mass is 676 g/mol. The van der Waals surface area contributed by atoms with Gasteiger partial charge in [-0.25, -0.2) is 0 Å².